The third kappa shape index (κ3) is 4.21. The van der Waals surface area contributed by atoms with E-state index in [0.717, 1.165) is 12.3 Å². The Morgan fingerprint density at radius 1 is 1.10 bits per heavy atom. The SMILES string of the molecule is NC(=O)c1ccc(Cn2cc(C(=O)O)c(=O)c3cccc(OC(F)(F)F)c32)cc1. The van der Waals surface area contributed by atoms with Gasteiger partial charge in [0.1, 0.15) is 5.56 Å². The zero-order valence-electron chi connectivity index (χ0n) is 14.6. The van der Waals surface area contributed by atoms with E-state index in [-0.39, 0.29) is 23.0 Å². The smallest absolute Gasteiger partial charge is 0.477 e. The van der Waals surface area contributed by atoms with Crippen LogP contribution in [0.1, 0.15) is 26.3 Å². The highest BCUT2D eigenvalue weighted by Crippen LogP contribution is 2.30. The molecule has 1 heterocycles. The zero-order valence-corrected chi connectivity index (χ0v) is 14.6. The number of nitrogens with two attached hydrogens (primary N) is 1. The summed E-state index contributed by atoms with van der Waals surface area (Å²) in [6, 6.07) is 9.29. The minimum atomic E-state index is -5.01. The highest BCUT2D eigenvalue weighted by Gasteiger charge is 2.32. The number of pyridine rings is 1. The molecule has 0 saturated heterocycles. The number of para-hydroxylation sites is 1. The average molecular weight is 406 g/mol. The Hall–Kier alpha value is -3.82. The van der Waals surface area contributed by atoms with E-state index >= 15 is 0 Å². The van der Waals surface area contributed by atoms with E-state index in [2.05, 4.69) is 4.74 Å². The molecule has 0 aliphatic carbocycles. The van der Waals surface area contributed by atoms with E-state index in [1.807, 2.05) is 0 Å². The molecule has 0 radical (unpaired) electrons. The maximum absolute atomic E-state index is 12.8. The van der Waals surface area contributed by atoms with E-state index in [9.17, 15) is 32.7 Å². The number of rotatable bonds is 5. The molecule has 10 heteroatoms. The van der Waals surface area contributed by atoms with E-state index in [4.69, 9.17) is 5.73 Å². The lowest BCUT2D eigenvalue weighted by Gasteiger charge is -2.17. The van der Waals surface area contributed by atoms with Crippen LogP contribution in [-0.2, 0) is 6.54 Å². The third-order valence-corrected chi connectivity index (χ3v) is 4.11. The van der Waals surface area contributed by atoms with Crippen LogP contribution in [0, 0.1) is 0 Å². The van der Waals surface area contributed by atoms with Gasteiger partial charge in [-0.05, 0) is 29.8 Å². The van der Waals surface area contributed by atoms with Gasteiger partial charge in [-0.1, -0.05) is 18.2 Å². The van der Waals surface area contributed by atoms with Gasteiger partial charge in [0.2, 0.25) is 11.3 Å². The van der Waals surface area contributed by atoms with Crippen LogP contribution < -0.4 is 15.9 Å². The first-order valence-corrected chi connectivity index (χ1v) is 8.11. The molecule has 3 aromatic rings. The summed E-state index contributed by atoms with van der Waals surface area (Å²) >= 11 is 0. The van der Waals surface area contributed by atoms with Crippen molar-refractivity contribution in [2.45, 2.75) is 12.9 Å². The Labute approximate surface area is 160 Å². The third-order valence-electron chi connectivity index (χ3n) is 4.11. The van der Waals surface area contributed by atoms with E-state index in [1.54, 1.807) is 0 Å². The first-order valence-electron chi connectivity index (χ1n) is 8.11. The Bertz CT molecular complexity index is 1170. The number of carbonyl (C=O) groups is 2. The maximum Gasteiger partial charge on any atom is 0.573 e. The molecule has 1 aromatic heterocycles. The number of carboxylic acid groups (broad SMARTS) is 1. The van der Waals surface area contributed by atoms with Crippen LogP contribution in [0.15, 0.2) is 53.5 Å². The Kier molecular flexibility index (Phi) is 5.02. The predicted octanol–water partition coefficient (Wildman–Crippen LogP) is 2.75. The van der Waals surface area contributed by atoms with Gasteiger partial charge in [-0.25, -0.2) is 4.79 Å². The van der Waals surface area contributed by atoms with Crippen molar-refractivity contribution in [3.63, 3.8) is 0 Å². The number of benzene rings is 2. The molecule has 0 bridgehead atoms. The minimum Gasteiger partial charge on any atom is -0.477 e. The van der Waals surface area contributed by atoms with Crippen molar-refractivity contribution < 1.29 is 32.6 Å². The van der Waals surface area contributed by atoms with Crippen molar-refractivity contribution in [3.05, 3.63) is 75.6 Å². The first-order chi connectivity index (χ1) is 13.6. The molecular formula is C19H13F3N2O5. The van der Waals surface area contributed by atoms with Crippen molar-refractivity contribution >= 4 is 22.8 Å². The zero-order chi connectivity index (χ0) is 21.3. The lowest BCUT2D eigenvalue weighted by Crippen LogP contribution is -2.22. The number of aromatic carboxylic acids is 1. The second-order valence-electron chi connectivity index (χ2n) is 6.07. The summed E-state index contributed by atoms with van der Waals surface area (Å²) < 4.78 is 43.6. The molecule has 2 aromatic carbocycles. The van der Waals surface area contributed by atoms with Crippen LogP contribution in [0.3, 0.4) is 0 Å². The molecule has 0 fully saturated rings. The summed E-state index contributed by atoms with van der Waals surface area (Å²) in [6.45, 7) is -0.0890. The molecule has 0 atom stereocenters. The van der Waals surface area contributed by atoms with Crippen molar-refractivity contribution in [2.24, 2.45) is 5.73 Å². The number of fused-ring (bicyclic) bond motifs is 1. The standard InChI is InChI=1S/C19H13F3N2O5/c20-19(21,22)29-14-3-1-2-12-15(14)24(9-13(16(12)25)18(27)28)8-10-4-6-11(7-5-10)17(23)26/h1-7,9H,8H2,(H2,23,26)(H,27,28). The fraction of sp³-hybridized carbons (Fsp3) is 0.105. The Balaban J connectivity index is 2.22. The van der Waals surface area contributed by atoms with Crippen LogP contribution in [0.5, 0.6) is 5.75 Å². The Morgan fingerprint density at radius 2 is 1.76 bits per heavy atom. The highest BCUT2D eigenvalue weighted by molar-refractivity contribution is 5.94. The number of ether oxygens (including phenoxy) is 1. The van der Waals surface area contributed by atoms with Gasteiger partial charge < -0.3 is 20.1 Å². The molecule has 3 rings (SSSR count). The summed E-state index contributed by atoms with van der Waals surface area (Å²) in [7, 11) is 0. The fourth-order valence-corrected chi connectivity index (χ4v) is 2.88. The second kappa shape index (κ2) is 7.30. The minimum absolute atomic E-state index is 0.0890. The van der Waals surface area contributed by atoms with Crippen LogP contribution in [0.25, 0.3) is 10.9 Å². The summed E-state index contributed by atoms with van der Waals surface area (Å²) in [6.07, 6.45) is -4.05. The molecule has 150 valence electrons. The number of carbonyl (C=O) groups excluding carboxylic acids is 1. The van der Waals surface area contributed by atoms with Gasteiger partial charge in [0, 0.05) is 18.3 Å². The highest BCUT2D eigenvalue weighted by atomic mass is 19.4. The molecular weight excluding hydrogens is 393 g/mol. The molecule has 3 N–H and O–H groups in total. The number of hydrogen-bond donors (Lipinski definition) is 2. The van der Waals surface area contributed by atoms with Crippen LogP contribution in [0.4, 0.5) is 13.2 Å². The molecule has 7 nitrogen and oxygen atoms in total. The second-order valence-corrected chi connectivity index (χ2v) is 6.07. The van der Waals surface area contributed by atoms with Gasteiger partial charge >= 0.3 is 12.3 Å². The number of halogens is 3. The number of hydrogen-bond acceptors (Lipinski definition) is 4. The topological polar surface area (TPSA) is 112 Å². The predicted molar refractivity (Wildman–Crippen MR) is 95.9 cm³/mol. The number of aromatic nitrogens is 1. The van der Waals surface area contributed by atoms with E-state index < -0.39 is 35.0 Å². The summed E-state index contributed by atoms with van der Waals surface area (Å²) in [5.41, 5.74) is 4.18. The fourth-order valence-electron chi connectivity index (χ4n) is 2.88. The van der Waals surface area contributed by atoms with Gasteiger partial charge in [-0.3, -0.25) is 9.59 Å². The number of alkyl halides is 3. The maximum atomic E-state index is 12.8. The first kappa shape index (κ1) is 19.9. The molecule has 0 unspecified atom stereocenters. The van der Waals surface area contributed by atoms with Gasteiger partial charge in [-0.15, -0.1) is 13.2 Å². The van der Waals surface area contributed by atoms with Crippen molar-refractivity contribution in [1.82, 2.24) is 4.57 Å². The summed E-state index contributed by atoms with van der Waals surface area (Å²) in [4.78, 5) is 35.0. The summed E-state index contributed by atoms with van der Waals surface area (Å²) in [5.74, 6) is -2.81. The molecule has 0 saturated carbocycles. The van der Waals surface area contributed by atoms with E-state index in [0.29, 0.717) is 5.56 Å². The average Bonchev–Trinajstić information content (AvgIpc) is 2.63. The van der Waals surface area contributed by atoms with Crippen LogP contribution in [0.2, 0.25) is 0 Å². The molecule has 0 spiro atoms. The molecule has 0 aliphatic heterocycles. The molecule has 1 amide bonds. The monoisotopic (exact) mass is 406 g/mol. The largest absolute Gasteiger partial charge is 0.573 e. The Morgan fingerprint density at radius 3 is 2.31 bits per heavy atom. The lowest BCUT2D eigenvalue weighted by molar-refractivity contribution is -0.274. The van der Waals surface area contributed by atoms with Crippen molar-refractivity contribution in [1.29, 1.82) is 0 Å². The van der Waals surface area contributed by atoms with Gasteiger partial charge in [0.05, 0.1) is 10.9 Å². The molecule has 29 heavy (non-hydrogen) atoms. The normalized spacial score (nSPS) is 11.4. The van der Waals surface area contributed by atoms with E-state index in [1.165, 1.54) is 41.0 Å². The van der Waals surface area contributed by atoms with Gasteiger partial charge in [-0.2, -0.15) is 0 Å². The van der Waals surface area contributed by atoms with Crippen LogP contribution in [-0.4, -0.2) is 27.9 Å². The quantitative estimate of drug-likeness (QED) is 0.677. The summed E-state index contributed by atoms with van der Waals surface area (Å²) in [5, 5.41) is 9.06. The number of nitrogens with zero attached hydrogens (tertiary/aromatic N) is 1. The van der Waals surface area contributed by atoms with Gasteiger partial charge in [0.25, 0.3) is 0 Å². The lowest BCUT2D eigenvalue weighted by atomic mass is 10.1. The van der Waals surface area contributed by atoms with Crippen molar-refractivity contribution in [2.75, 3.05) is 0 Å². The number of amides is 1. The number of primary amides is 1. The number of carboxylic acids is 1. The molecule has 0 aliphatic rings. The van der Waals surface area contributed by atoms with Gasteiger partial charge in [0.15, 0.2) is 5.75 Å². The van der Waals surface area contributed by atoms with Crippen molar-refractivity contribution in [3.8, 4) is 5.75 Å². The van der Waals surface area contributed by atoms with Crippen LogP contribution >= 0.6 is 0 Å².